The molecule has 104 valence electrons. The normalized spacial score (nSPS) is 10.3. The monoisotopic (exact) mass is 295 g/mol. The fourth-order valence-electron chi connectivity index (χ4n) is 1.78. The van der Waals surface area contributed by atoms with E-state index in [0.717, 1.165) is 17.8 Å². The van der Waals surface area contributed by atoms with Crippen LogP contribution in [0.3, 0.4) is 0 Å². The van der Waals surface area contributed by atoms with E-state index in [1.165, 1.54) is 6.07 Å². The molecule has 0 fully saturated rings. The second-order valence-electron chi connectivity index (χ2n) is 4.20. The minimum absolute atomic E-state index is 0.000476. The molecule has 2 nitrogen and oxygen atoms in total. The predicted octanol–water partition coefficient (Wildman–Crippen LogP) is 4.30. The zero-order valence-corrected chi connectivity index (χ0v) is 11.3. The maximum absolute atomic E-state index is 13.4. The summed E-state index contributed by atoms with van der Waals surface area (Å²) in [6.45, 7) is 0.286. The van der Waals surface area contributed by atoms with Gasteiger partial charge in [0.1, 0.15) is 11.6 Å². The van der Waals surface area contributed by atoms with Crippen LogP contribution in [0.5, 0.6) is 0 Å². The fraction of sp³-hybridized carbons (Fsp3) is 0.133. The van der Waals surface area contributed by atoms with Crippen molar-refractivity contribution in [3.63, 3.8) is 0 Å². The van der Waals surface area contributed by atoms with Gasteiger partial charge in [-0.25, -0.2) is 8.78 Å². The van der Waals surface area contributed by atoms with Gasteiger partial charge in [0.15, 0.2) is 5.78 Å². The molecule has 1 N–H and O–H groups in total. The van der Waals surface area contributed by atoms with E-state index >= 15 is 0 Å². The number of carbonyl (C=O) groups excluding carboxylic acids is 1. The van der Waals surface area contributed by atoms with E-state index in [0.29, 0.717) is 5.02 Å². The van der Waals surface area contributed by atoms with E-state index in [2.05, 4.69) is 5.32 Å². The lowest BCUT2D eigenvalue weighted by Crippen LogP contribution is -2.12. The Bertz CT molecular complexity index is 594. The molecule has 0 aliphatic rings. The molecule has 0 aromatic heterocycles. The van der Waals surface area contributed by atoms with Gasteiger partial charge in [0.2, 0.25) is 0 Å². The third-order valence-electron chi connectivity index (χ3n) is 2.77. The van der Waals surface area contributed by atoms with Crippen molar-refractivity contribution in [2.24, 2.45) is 0 Å². The highest BCUT2D eigenvalue weighted by molar-refractivity contribution is 6.30. The molecule has 0 unspecified atom stereocenters. The number of Topliss-reactive ketones (excluding diaryl/α,β-unsaturated/α-hetero) is 1. The summed E-state index contributed by atoms with van der Waals surface area (Å²) in [5.41, 5.74) is 0.307. The van der Waals surface area contributed by atoms with Crippen LogP contribution in [0.15, 0.2) is 42.5 Å². The van der Waals surface area contributed by atoms with Crippen LogP contribution < -0.4 is 5.32 Å². The topological polar surface area (TPSA) is 29.1 Å². The summed E-state index contributed by atoms with van der Waals surface area (Å²) >= 11 is 5.75. The Morgan fingerprint density at radius 2 is 1.65 bits per heavy atom. The molecular formula is C15H12ClF2NO. The number of hydrogen-bond donors (Lipinski definition) is 1. The molecule has 0 saturated heterocycles. The second-order valence-corrected chi connectivity index (χ2v) is 4.64. The molecule has 20 heavy (non-hydrogen) atoms. The van der Waals surface area contributed by atoms with E-state index in [4.69, 9.17) is 11.6 Å². The van der Waals surface area contributed by atoms with Crippen LogP contribution in [0.25, 0.3) is 0 Å². The van der Waals surface area contributed by atoms with Crippen molar-refractivity contribution in [2.75, 3.05) is 11.9 Å². The Labute approximate surface area is 120 Å². The summed E-state index contributed by atoms with van der Waals surface area (Å²) in [4.78, 5) is 11.8. The van der Waals surface area contributed by atoms with Crippen LogP contribution in [-0.4, -0.2) is 12.3 Å². The number of carbonyl (C=O) groups is 1. The first kappa shape index (κ1) is 14.5. The molecule has 0 amide bonds. The summed E-state index contributed by atoms with van der Waals surface area (Å²) in [7, 11) is 0. The maximum atomic E-state index is 13.4. The minimum Gasteiger partial charge on any atom is -0.385 e. The van der Waals surface area contributed by atoms with Gasteiger partial charge in [-0.2, -0.15) is 0 Å². The quantitative estimate of drug-likeness (QED) is 0.833. The average Bonchev–Trinajstić information content (AvgIpc) is 2.41. The standard InChI is InChI=1S/C15H12ClF2NO/c16-10-4-6-11(7-5-10)19-9-8-14(20)15-12(17)2-1-3-13(15)18/h1-7,19H,8-9H2. The first-order valence-corrected chi connectivity index (χ1v) is 6.42. The third kappa shape index (κ3) is 3.54. The van der Waals surface area contributed by atoms with Crippen LogP contribution >= 0.6 is 11.6 Å². The van der Waals surface area contributed by atoms with Gasteiger partial charge in [0, 0.05) is 23.7 Å². The SMILES string of the molecule is O=C(CCNc1ccc(Cl)cc1)c1c(F)cccc1F. The second kappa shape index (κ2) is 6.48. The van der Waals surface area contributed by atoms with E-state index in [1.54, 1.807) is 24.3 Å². The van der Waals surface area contributed by atoms with Crippen LogP contribution in [-0.2, 0) is 0 Å². The van der Waals surface area contributed by atoms with Crippen LogP contribution in [0.2, 0.25) is 5.02 Å². The first-order valence-electron chi connectivity index (χ1n) is 6.04. The molecule has 0 saturated carbocycles. The Hall–Kier alpha value is -1.94. The van der Waals surface area contributed by atoms with Crippen molar-refractivity contribution < 1.29 is 13.6 Å². The lowest BCUT2D eigenvalue weighted by atomic mass is 10.1. The third-order valence-corrected chi connectivity index (χ3v) is 3.02. The minimum atomic E-state index is -0.832. The number of ketones is 1. The van der Waals surface area contributed by atoms with Crippen molar-refractivity contribution in [2.45, 2.75) is 6.42 Å². The van der Waals surface area contributed by atoms with Crippen LogP contribution in [0.1, 0.15) is 16.8 Å². The summed E-state index contributed by atoms with van der Waals surface area (Å²) in [5, 5.41) is 3.60. The number of nitrogens with one attached hydrogen (secondary N) is 1. The highest BCUT2D eigenvalue weighted by Gasteiger charge is 2.16. The highest BCUT2D eigenvalue weighted by atomic mass is 35.5. The van der Waals surface area contributed by atoms with E-state index in [1.807, 2.05) is 0 Å². The van der Waals surface area contributed by atoms with E-state index in [-0.39, 0.29) is 13.0 Å². The molecule has 0 aliphatic heterocycles. The zero-order valence-electron chi connectivity index (χ0n) is 10.5. The van der Waals surface area contributed by atoms with Crippen LogP contribution in [0.4, 0.5) is 14.5 Å². The molecule has 5 heteroatoms. The van der Waals surface area contributed by atoms with E-state index in [9.17, 15) is 13.6 Å². The molecule has 0 radical (unpaired) electrons. The summed E-state index contributed by atoms with van der Waals surface area (Å²) in [5.74, 6) is -2.23. The largest absolute Gasteiger partial charge is 0.385 e. The molecule has 2 aromatic rings. The van der Waals surface area contributed by atoms with Crippen LogP contribution in [0, 0.1) is 11.6 Å². The molecule has 0 bridgehead atoms. The Balaban J connectivity index is 1.94. The number of rotatable bonds is 5. The molecule has 0 heterocycles. The van der Waals surface area contributed by atoms with Gasteiger partial charge in [-0.05, 0) is 36.4 Å². The fourth-order valence-corrected chi connectivity index (χ4v) is 1.90. The van der Waals surface area contributed by atoms with E-state index < -0.39 is 23.0 Å². The van der Waals surface area contributed by atoms with Gasteiger partial charge < -0.3 is 5.32 Å². The van der Waals surface area contributed by atoms with Crippen molar-refractivity contribution in [3.05, 3.63) is 64.7 Å². The summed E-state index contributed by atoms with van der Waals surface area (Å²) < 4.78 is 26.8. The zero-order chi connectivity index (χ0) is 14.5. The van der Waals surface area contributed by atoms with Gasteiger partial charge in [-0.3, -0.25) is 4.79 Å². The Morgan fingerprint density at radius 1 is 1.05 bits per heavy atom. The highest BCUT2D eigenvalue weighted by Crippen LogP contribution is 2.16. The Kier molecular flexibility index (Phi) is 4.69. The maximum Gasteiger partial charge on any atom is 0.170 e. The van der Waals surface area contributed by atoms with Gasteiger partial charge in [-0.1, -0.05) is 17.7 Å². The molecule has 0 spiro atoms. The molecular weight excluding hydrogens is 284 g/mol. The first-order chi connectivity index (χ1) is 9.58. The number of anilines is 1. The molecule has 2 rings (SSSR count). The van der Waals surface area contributed by atoms with Gasteiger partial charge >= 0.3 is 0 Å². The number of hydrogen-bond acceptors (Lipinski definition) is 2. The summed E-state index contributed by atoms with van der Waals surface area (Å²) in [6, 6.07) is 10.3. The van der Waals surface area contributed by atoms with Gasteiger partial charge in [0.25, 0.3) is 0 Å². The van der Waals surface area contributed by atoms with Crippen molar-refractivity contribution in [1.29, 1.82) is 0 Å². The molecule has 0 aliphatic carbocycles. The van der Waals surface area contributed by atoms with Crippen molar-refractivity contribution in [1.82, 2.24) is 0 Å². The number of benzene rings is 2. The molecule has 2 aromatic carbocycles. The molecule has 0 atom stereocenters. The Morgan fingerprint density at radius 3 is 2.25 bits per heavy atom. The van der Waals surface area contributed by atoms with Gasteiger partial charge in [-0.15, -0.1) is 0 Å². The van der Waals surface area contributed by atoms with Crippen molar-refractivity contribution in [3.8, 4) is 0 Å². The lowest BCUT2D eigenvalue weighted by molar-refractivity contribution is 0.0978. The van der Waals surface area contributed by atoms with Crippen molar-refractivity contribution >= 4 is 23.1 Å². The average molecular weight is 296 g/mol. The summed E-state index contributed by atoms with van der Waals surface area (Å²) in [6.07, 6.45) is 0.000476. The lowest BCUT2D eigenvalue weighted by Gasteiger charge is -2.07. The van der Waals surface area contributed by atoms with Gasteiger partial charge in [0.05, 0.1) is 5.56 Å². The smallest absolute Gasteiger partial charge is 0.170 e. The number of halogens is 3. The predicted molar refractivity (Wildman–Crippen MR) is 75.2 cm³/mol.